The molecular weight excluding hydrogens is 665 g/mol. The largest absolute Gasteiger partial charge is 0.497 e. The van der Waals surface area contributed by atoms with Crippen LogP contribution in [0.1, 0.15) is 129 Å². The molecule has 2 aromatic rings. The van der Waals surface area contributed by atoms with Gasteiger partial charge in [-0.2, -0.15) is 0 Å². The molecule has 2 N–H and O–H groups in total. The van der Waals surface area contributed by atoms with Crippen LogP contribution < -0.4 is 10.1 Å². The Balaban J connectivity index is 1.01. The number of benzene rings is 1. The molecule has 7 rings (SSSR count). The fourth-order valence-corrected chi connectivity index (χ4v) is 12.9. The number of aliphatic hydroxyl groups is 1. The maximum absolute atomic E-state index is 14.5. The second-order valence-corrected chi connectivity index (χ2v) is 19.1. The molecule has 290 valence electrons. The number of carbonyl (C=O) groups is 2. The van der Waals surface area contributed by atoms with Crippen LogP contribution in [0.2, 0.25) is 0 Å². The van der Waals surface area contributed by atoms with Crippen LogP contribution in [0.4, 0.5) is 0 Å². The highest BCUT2D eigenvalue weighted by Gasteiger charge is 2.69. The van der Waals surface area contributed by atoms with Crippen LogP contribution in [-0.2, 0) is 22.6 Å². The van der Waals surface area contributed by atoms with Crippen molar-refractivity contribution in [1.29, 1.82) is 0 Å². The highest BCUT2D eigenvalue weighted by molar-refractivity contribution is 5.94. The lowest BCUT2D eigenvalue weighted by molar-refractivity contribution is -0.207. The normalized spacial score (nSPS) is 38.6. The highest BCUT2D eigenvalue weighted by atomic mass is 16.5. The molecule has 1 aromatic heterocycles. The van der Waals surface area contributed by atoms with Gasteiger partial charge in [0, 0.05) is 18.5 Å². The SMILES string of the molecule is COc1ccc(C(=O)NCc2cn(CCCOC(=O)[C@]34CC[C@@H](C)[C@H](C)[C@H]3C3=CC[C@@H]5[C@@]6(C)CC[C@H](O)C(C)(C)C6CC[C@@]5(C)[C@]3(C)CC4)nn2)cc1. The van der Waals surface area contributed by atoms with Gasteiger partial charge in [-0.05, 0) is 133 Å². The van der Waals surface area contributed by atoms with E-state index in [0.29, 0.717) is 60.3 Å². The van der Waals surface area contributed by atoms with Crippen LogP contribution in [0.15, 0.2) is 42.1 Å². The molecule has 1 amide bonds. The summed E-state index contributed by atoms with van der Waals surface area (Å²) in [6.45, 7) is 18.4. The second kappa shape index (κ2) is 13.8. The topological polar surface area (TPSA) is 116 Å². The van der Waals surface area contributed by atoms with Gasteiger partial charge >= 0.3 is 5.97 Å². The molecule has 9 nitrogen and oxygen atoms in total. The molecule has 0 bridgehead atoms. The first-order chi connectivity index (χ1) is 25.1. The third-order valence-electron chi connectivity index (χ3n) is 16.5. The fraction of sp³-hybridized carbons (Fsp3) is 0.727. The van der Waals surface area contributed by atoms with Crippen LogP contribution in [-0.4, -0.2) is 51.8 Å². The Morgan fingerprint density at radius 3 is 2.45 bits per heavy atom. The van der Waals surface area contributed by atoms with Gasteiger partial charge in [0.2, 0.25) is 0 Å². The zero-order valence-corrected chi connectivity index (χ0v) is 33.5. The van der Waals surface area contributed by atoms with E-state index in [4.69, 9.17) is 9.47 Å². The first-order valence-corrected chi connectivity index (χ1v) is 20.5. The van der Waals surface area contributed by atoms with Gasteiger partial charge in [-0.25, -0.2) is 0 Å². The molecule has 1 aromatic carbocycles. The zero-order valence-electron chi connectivity index (χ0n) is 33.5. The van der Waals surface area contributed by atoms with Gasteiger partial charge in [0.1, 0.15) is 11.4 Å². The summed E-state index contributed by atoms with van der Waals surface area (Å²) in [6.07, 6.45) is 14.2. The number of amides is 1. The lowest BCUT2D eigenvalue weighted by Gasteiger charge is -2.71. The van der Waals surface area contributed by atoms with Crippen LogP contribution in [0, 0.1) is 56.7 Å². The quantitative estimate of drug-likeness (QED) is 0.152. The van der Waals surface area contributed by atoms with E-state index in [2.05, 4.69) is 70.2 Å². The van der Waals surface area contributed by atoms with Gasteiger partial charge < -0.3 is 19.9 Å². The molecule has 53 heavy (non-hydrogen) atoms. The maximum atomic E-state index is 14.5. The Labute approximate surface area is 317 Å². The monoisotopic (exact) mass is 728 g/mol. The number of methoxy groups -OCH3 is 1. The number of hydrogen-bond acceptors (Lipinski definition) is 7. The minimum atomic E-state index is -0.471. The predicted octanol–water partition coefficient (Wildman–Crippen LogP) is 8.17. The smallest absolute Gasteiger partial charge is 0.312 e. The number of allylic oxidation sites excluding steroid dienone is 2. The summed E-state index contributed by atoms with van der Waals surface area (Å²) in [4.78, 5) is 27.0. The third-order valence-corrected chi connectivity index (χ3v) is 16.5. The average molecular weight is 729 g/mol. The molecule has 10 atom stereocenters. The van der Waals surface area contributed by atoms with Gasteiger partial charge in [-0.3, -0.25) is 14.3 Å². The summed E-state index contributed by atoms with van der Waals surface area (Å²) in [5.41, 5.74) is 2.65. The summed E-state index contributed by atoms with van der Waals surface area (Å²) < 4.78 is 13.2. The van der Waals surface area contributed by atoms with Crippen molar-refractivity contribution < 1.29 is 24.2 Å². The van der Waals surface area contributed by atoms with E-state index in [0.717, 1.165) is 44.9 Å². The van der Waals surface area contributed by atoms with Crippen LogP contribution in [0.3, 0.4) is 0 Å². The number of aryl methyl sites for hydroxylation is 1. The second-order valence-electron chi connectivity index (χ2n) is 19.1. The molecule has 9 heteroatoms. The van der Waals surface area contributed by atoms with E-state index in [1.807, 2.05) is 6.20 Å². The van der Waals surface area contributed by atoms with E-state index in [-0.39, 0.29) is 52.1 Å². The van der Waals surface area contributed by atoms with E-state index in [1.54, 1.807) is 41.6 Å². The van der Waals surface area contributed by atoms with Crippen molar-refractivity contribution in [2.45, 2.75) is 132 Å². The molecule has 4 saturated carbocycles. The van der Waals surface area contributed by atoms with E-state index < -0.39 is 5.41 Å². The van der Waals surface area contributed by atoms with Gasteiger partial charge in [-0.15, -0.1) is 5.10 Å². The number of aromatic nitrogens is 3. The Morgan fingerprint density at radius 1 is 0.962 bits per heavy atom. The van der Waals surface area contributed by atoms with Crippen molar-refractivity contribution in [3.63, 3.8) is 0 Å². The van der Waals surface area contributed by atoms with Gasteiger partial charge in [0.05, 0.1) is 38.0 Å². The standard InChI is InChI=1S/C44H64N4O5/c1-28-16-21-44(39(51)53-25-9-24-48-27-31(46-47-48)26-45-38(50)30-10-12-32(52-8)13-11-30)23-22-42(6)33(37(44)29(28)2)14-15-35-41(5)19-18-36(49)40(3,4)34(41)17-20-43(35,42)7/h10-14,27-29,34-37,49H,9,15-26H2,1-8H3,(H,45,50)/t28-,29+,34?,35-,36+,37+,41+,42-,43-,44+/m1/s1. The van der Waals surface area contributed by atoms with Crippen molar-refractivity contribution in [3.8, 4) is 5.75 Å². The van der Waals surface area contributed by atoms with Crippen LogP contribution in [0.25, 0.3) is 0 Å². The number of rotatable bonds is 9. The molecule has 0 aliphatic heterocycles. The number of fused-ring (bicyclic) bond motifs is 7. The van der Waals surface area contributed by atoms with Crippen molar-refractivity contribution >= 4 is 11.9 Å². The summed E-state index contributed by atoms with van der Waals surface area (Å²) in [6, 6.07) is 6.98. The number of aliphatic hydroxyl groups excluding tert-OH is 1. The van der Waals surface area contributed by atoms with Gasteiger partial charge in [0.25, 0.3) is 5.91 Å². The van der Waals surface area contributed by atoms with E-state index in [9.17, 15) is 14.7 Å². The van der Waals surface area contributed by atoms with Crippen molar-refractivity contribution in [1.82, 2.24) is 20.3 Å². The average Bonchev–Trinajstić information content (AvgIpc) is 3.60. The Bertz CT molecular complexity index is 1720. The molecule has 5 aliphatic rings. The Morgan fingerprint density at radius 2 is 1.72 bits per heavy atom. The lowest BCUT2D eigenvalue weighted by atomic mass is 9.33. The molecular formula is C44H64N4O5. The first-order valence-electron chi connectivity index (χ1n) is 20.5. The lowest BCUT2D eigenvalue weighted by Crippen LogP contribution is -2.65. The number of esters is 1. The third kappa shape index (κ3) is 6.06. The number of carbonyl (C=O) groups excluding carboxylic acids is 2. The first kappa shape index (κ1) is 38.1. The number of nitrogens with one attached hydrogen (secondary N) is 1. The van der Waals surface area contributed by atoms with Gasteiger partial charge in [0.15, 0.2) is 0 Å². The molecule has 1 heterocycles. The fourth-order valence-electron chi connectivity index (χ4n) is 12.9. The Kier molecular flexibility index (Phi) is 9.94. The van der Waals surface area contributed by atoms with Crippen LogP contribution >= 0.6 is 0 Å². The van der Waals surface area contributed by atoms with Crippen molar-refractivity contribution in [3.05, 3.63) is 53.4 Å². The van der Waals surface area contributed by atoms with Crippen LogP contribution in [0.5, 0.6) is 5.75 Å². The summed E-state index contributed by atoms with van der Waals surface area (Å²) >= 11 is 0. The van der Waals surface area contributed by atoms with Crippen molar-refractivity contribution in [2.24, 2.45) is 56.7 Å². The number of nitrogens with zero attached hydrogens (tertiary/aromatic N) is 3. The minimum absolute atomic E-state index is 0.00399. The molecule has 4 fully saturated rings. The zero-order chi connectivity index (χ0) is 38.0. The molecule has 0 saturated heterocycles. The molecule has 1 unspecified atom stereocenters. The van der Waals surface area contributed by atoms with Crippen molar-refractivity contribution in [2.75, 3.05) is 13.7 Å². The number of hydrogen-bond donors (Lipinski definition) is 2. The molecule has 5 aliphatic carbocycles. The molecule has 0 spiro atoms. The number of ether oxygens (including phenoxy) is 2. The predicted molar refractivity (Wildman–Crippen MR) is 205 cm³/mol. The molecule has 0 radical (unpaired) electrons. The highest BCUT2D eigenvalue weighted by Crippen LogP contribution is 2.75. The minimum Gasteiger partial charge on any atom is -0.497 e. The van der Waals surface area contributed by atoms with E-state index in [1.165, 1.54) is 12.8 Å². The summed E-state index contributed by atoms with van der Waals surface area (Å²) in [7, 11) is 1.60. The summed E-state index contributed by atoms with van der Waals surface area (Å²) in [5, 5.41) is 22.5. The summed E-state index contributed by atoms with van der Waals surface area (Å²) in [5.74, 6) is 2.79. The maximum Gasteiger partial charge on any atom is 0.312 e. The Hall–Kier alpha value is -3.20. The van der Waals surface area contributed by atoms with E-state index >= 15 is 0 Å². The van der Waals surface area contributed by atoms with Gasteiger partial charge in [-0.1, -0.05) is 65.3 Å².